The first-order valence-electron chi connectivity index (χ1n) is 6.91. The number of benzene rings is 1. The van der Waals surface area contributed by atoms with Crippen LogP contribution in [0.2, 0.25) is 0 Å². The fourth-order valence-corrected chi connectivity index (χ4v) is 3.02. The summed E-state index contributed by atoms with van der Waals surface area (Å²) in [5.41, 5.74) is 10.3. The molecular weight excluding hydrogens is 278 g/mol. The van der Waals surface area contributed by atoms with Crippen molar-refractivity contribution >= 4 is 11.3 Å². The summed E-state index contributed by atoms with van der Waals surface area (Å²) in [5.74, 6) is 0. The number of nitrogens with two attached hydrogens (primary N) is 1. The Balaban J connectivity index is 1.76. The number of aromatic nitrogens is 2. The molecule has 0 fully saturated rings. The number of thiazole rings is 1. The van der Waals surface area contributed by atoms with Gasteiger partial charge in [0.2, 0.25) is 0 Å². The summed E-state index contributed by atoms with van der Waals surface area (Å²) in [6.45, 7) is 1.99. The van der Waals surface area contributed by atoms with E-state index in [1.807, 2.05) is 43.3 Å². The molecule has 0 saturated heterocycles. The van der Waals surface area contributed by atoms with Gasteiger partial charge < -0.3 is 5.73 Å². The second-order valence-electron chi connectivity index (χ2n) is 5.03. The minimum atomic E-state index is -0.0216. The Hall–Kier alpha value is -2.04. The summed E-state index contributed by atoms with van der Waals surface area (Å²) in [5, 5.41) is 3.02. The number of pyridine rings is 1. The summed E-state index contributed by atoms with van der Waals surface area (Å²) in [4.78, 5) is 9.17. The Morgan fingerprint density at radius 3 is 2.62 bits per heavy atom. The minimum absolute atomic E-state index is 0.0216. The van der Waals surface area contributed by atoms with E-state index in [-0.39, 0.29) is 6.04 Å². The molecule has 0 aliphatic heterocycles. The van der Waals surface area contributed by atoms with Gasteiger partial charge in [0.1, 0.15) is 5.01 Å². The smallest absolute Gasteiger partial charge is 0.142 e. The molecule has 1 aromatic carbocycles. The van der Waals surface area contributed by atoms with Gasteiger partial charge in [0, 0.05) is 23.5 Å². The molecule has 0 saturated carbocycles. The highest BCUT2D eigenvalue weighted by molar-refractivity contribution is 7.13. The molecule has 1 atom stereocenters. The summed E-state index contributed by atoms with van der Waals surface area (Å²) < 4.78 is 0. The molecule has 3 nitrogen and oxygen atoms in total. The molecule has 2 aromatic heterocycles. The highest BCUT2D eigenvalue weighted by Gasteiger charge is 2.11. The second-order valence-corrected chi connectivity index (χ2v) is 5.89. The highest BCUT2D eigenvalue weighted by Crippen LogP contribution is 2.24. The molecule has 3 aromatic rings. The average molecular weight is 295 g/mol. The monoisotopic (exact) mass is 295 g/mol. The maximum Gasteiger partial charge on any atom is 0.142 e. The molecule has 4 heteroatoms. The van der Waals surface area contributed by atoms with Gasteiger partial charge in [-0.15, -0.1) is 11.3 Å². The van der Waals surface area contributed by atoms with E-state index < -0.39 is 0 Å². The Morgan fingerprint density at radius 1 is 1.05 bits per heavy atom. The minimum Gasteiger partial charge on any atom is -0.324 e. The van der Waals surface area contributed by atoms with Crippen LogP contribution in [-0.4, -0.2) is 9.97 Å². The normalized spacial score (nSPS) is 12.3. The standard InChI is InChI=1S/C17H17N3S/c1-12-6-5-9-16(19-12)17-20-14(11-21-17)10-15(18)13-7-3-2-4-8-13/h2-9,11,15H,10,18H2,1H3. The second kappa shape index (κ2) is 6.16. The van der Waals surface area contributed by atoms with Crippen molar-refractivity contribution in [2.45, 2.75) is 19.4 Å². The zero-order chi connectivity index (χ0) is 14.7. The lowest BCUT2D eigenvalue weighted by Gasteiger charge is -2.09. The van der Waals surface area contributed by atoms with Crippen molar-refractivity contribution in [2.75, 3.05) is 0 Å². The van der Waals surface area contributed by atoms with Crippen LogP contribution in [0.25, 0.3) is 10.7 Å². The van der Waals surface area contributed by atoms with Crippen LogP contribution in [0.3, 0.4) is 0 Å². The highest BCUT2D eigenvalue weighted by atomic mass is 32.1. The molecule has 0 bridgehead atoms. The van der Waals surface area contributed by atoms with Crippen molar-refractivity contribution in [3.63, 3.8) is 0 Å². The third kappa shape index (κ3) is 3.35. The molecule has 2 N–H and O–H groups in total. The predicted octanol–water partition coefficient (Wildman–Crippen LogP) is 3.76. The van der Waals surface area contributed by atoms with E-state index in [0.717, 1.165) is 34.1 Å². The number of nitrogens with zero attached hydrogens (tertiary/aromatic N) is 2. The van der Waals surface area contributed by atoms with Gasteiger partial charge in [-0.25, -0.2) is 4.98 Å². The number of rotatable bonds is 4. The van der Waals surface area contributed by atoms with Crippen molar-refractivity contribution in [3.8, 4) is 10.7 Å². The van der Waals surface area contributed by atoms with Crippen LogP contribution in [0.1, 0.15) is 23.0 Å². The molecule has 0 aliphatic rings. The van der Waals surface area contributed by atoms with Crippen LogP contribution in [0.15, 0.2) is 53.9 Å². The third-order valence-electron chi connectivity index (χ3n) is 3.32. The predicted molar refractivity (Wildman–Crippen MR) is 87.2 cm³/mol. The van der Waals surface area contributed by atoms with Crippen molar-refractivity contribution in [1.82, 2.24) is 9.97 Å². The Bertz CT molecular complexity index is 722. The largest absolute Gasteiger partial charge is 0.324 e. The first-order valence-corrected chi connectivity index (χ1v) is 7.79. The van der Waals surface area contributed by atoms with Gasteiger partial charge >= 0.3 is 0 Å². The first kappa shape index (κ1) is 13.9. The maximum absolute atomic E-state index is 6.25. The Labute approximate surface area is 128 Å². The topological polar surface area (TPSA) is 51.8 Å². The quantitative estimate of drug-likeness (QED) is 0.797. The molecular formula is C17H17N3S. The van der Waals surface area contributed by atoms with Crippen LogP contribution >= 0.6 is 11.3 Å². The number of aryl methyl sites for hydroxylation is 1. The molecule has 0 amide bonds. The van der Waals surface area contributed by atoms with Gasteiger partial charge in [0.25, 0.3) is 0 Å². The van der Waals surface area contributed by atoms with Crippen LogP contribution < -0.4 is 5.73 Å². The molecule has 1 unspecified atom stereocenters. The summed E-state index contributed by atoms with van der Waals surface area (Å²) in [6, 6.07) is 16.1. The van der Waals surface area contributed by atoms with E-state index in [0.29, 0.717) is 0 Å². The van der Waals surface area contributed by atoms with E-state index >= 15 is 0 Å². The summed E-state index contributed by atoms with van der Waals surface area (Å²) in [7, 11) is 0. The zero-order valence-electron chi connectivity index (χ0n) is 11.9. The molecule has 3 rings (SSSR count). The van der Waals surface area contributed by atoms with E-state index in [4.69, 9.17) is 5.73 Å². The van der Waals surface area contributed by atoms with Crippen LogP contribution in [-0.2, 0) is 6.42 Å². The van der Waals surface area contributed by atoms with Crippen molar-refractivity contribution in [3.05, 3.63) is 70.9 Å². The van der Waals surface area contributed by atoms with Gasteiger partial charge in [-0.3, -0.25) is 4.98 Å². The lowest BCUT2D eigenvalue weighted by Crippen LogP contribution is -2.13. The van der Waals surface area contributed by atoms with Crippen molar-refractivity contribution in [1.29, 1.82) is 0 Å². The maximum atomic E-state index is 6.25. The lowest BCUT2D eigenvalue weighted by molar-refractivity contribution is 0.710. The Kier molecular flexibility index (Phi) is 4.08. The fourth-order valence-electron chi connectivity index (χ4n) is 2.22. The van der Waals surface area contributed by atoms with Crippen LogP contribution in [0.4, 0.5) is 0 Å². The summed E-state index contributed by atoms with van der Waals surface area (Å²) >= 11 is 1.62. The van der Waals surface area contributed by atoms with E-state index in [1.54, 1.807) is 11.3 Å². The number of hydrogen-bond donors (Lipinski definition) is 1. The van der Waals surface area contributed by atoms with Crippen molar-refractivity contribution in [2.24, 2.45) is 5.73 Å². The molecule has 0 aliphatic carbocycles. The lowest BCUT2D eigenvalue weighted by atomic mass is 10.0. The SMILES string of the molecule is Cc1cccc(-c2nc(CC(N)c3ccccc3)cs2)n1. The molecule has 0 spiro atoms. The molecule has 2 heterocycles. The van der Waals surface area contributed by atoms with Crippen LogP contribution in [0, 0.1) is 6.92 Å². The van der Waals surface area contributed by atoms with Gasteiger partial charge in [-0.05, 0) is 24.6 Å². The zero-order valence-corrected chi connectivity index (χ0v) is 12.7. The van der Waals surface area contributed by atoms with Gasteiger partial charge in [0.15, 0.2) is 0 Å². The molecule has 106 valence electrons. The van der Waals surface area contributed by atoms with Gasteiger partial charge in [-0.2, -0.15) is 0 Å². The van der Waals surface area contributed by atoms with E-state index in [2.05, 4.69) is 27.5 Å². The van der Waals surface area contributed by atoms with Crippen molar-refractivity contribution < 1.29 is 0 Å². The summed E-state index contributed by atoms with van der Waals surface area (Å²) in [6.07, 6.45) is 0.742. The first-order chi connectivity index (χ1) is 10.2. The molecule has 21 heavy (non-hydrogen) atoms. The van der Waals surface area contributed by atoms with Crippen LogP contribution in [0.5, 0.6) is 0 Å². The third-order valence-corrected chi connectivity index (χ3v) is 4.23. The Morgan fingerprint density at radius 2 is 1.86 bits per heavy atom. The average Bonchev–Trinajstić information content (AvgIpc) is 2.97. The molecule has 0 radical (unpaired) electrons. The van der Waals surface area contributed by atoms with E-state index in [1.165, 1.54) is 0 Å². The fraction of sp³-hybridized carbons (Fsp3) is 0.176. The van der Waals surface area contributed by atoms with Gasteiger partial charge in [-0.1, -0.05) is 36.4 Å². The number of hydrogen-bond acceptors (Lipinski definition) is 4. The van der Waals surface area contributed by atoms with E-state index in [9.17, 15) is 0 Å². The van der Waals surface area contributed by atoms with Gasteiger partial charge in [0.05, 0.1) is 11.4 Å².